The molecule has 0 spiro atoms. The van der Waals surface area contributed by atoms with Gasteiger partial charge in [-0.2, -0.15) is 18.3 Å². The molecule has 1 aromatic rings. The molecule has 0 fully saturated rings. The Morgan fingerprint density at radius 3 is 2.57 bits per heavy atom. The van der Waals surface area contributed by atoms with E-state index in [0.717, 1.165) is 12.5 Å². The summed E-state index contributed by atoms with van der Waals surface area (Å²) in [5.74, 6) is 0. The zero-order valence-electron chi connectivity index (χ0n) is 7.04. The molecule has 14 heavy (non-hydrogen) atoms. The van der Waals surface area contributed by atoms with Crippen LogP contribution < -0.4 is 0 Å². The molecule has 0 N–H and O–H groups in total. The van der Waals surface area contributed by atoms with Gasteiger partial charge in [-0.1, -0.05) is 0 Å². The largest absolute Gasteiger partial charge is 0.408 e. The van der Waals surface area contributed by atoms with E-state index in [1.165, 1.54) is 0 Å². The van der Waals surface area contributed by atoms with Crippen molar-refractivity contribution in [2.45, 2.75) is 17.7 Å². The normalized spacial score (nSPS) is 13.1. The first-order chi connectivity index (χ1) is 6.20. The van der Waals surface area contributed by atoms with Crippen LogP contribution in [0.3, 0.4) is 0 Å². The maximum atomic E-state index is 11.9. The molecule has 0 saturated carbocycles. The highest BCUT2D eigenvalue weighted by atomic mass is 32.2. The van der Waals surface area contributed by atoms with Crippen LogP contribution in [0.25, 0.3) is 0 Å². The molecule has 0 unspecified atom stereocenters. The summed E-state index contributed by atoms with van der Waals surface area (Å²) in [6.45, 7) is -1.43. The first kappa shape index (κ1) is 11.0. The third kappa shape index (κ3) is 2.72. The van der Waals surface area contributed by atoms with Gasteiger partial charge in [0.25, 0.3) is 0 Å². The van der Waals surface area contributed by atoms with Crippen molar-refractivity contribution in [2.24, 2.45) is 0 Å². The molecule has 1 radical (unpaired) electrons. The Morgan fingerprint density at radius 1 is 1.57 bits per heavy atom. The van der Waals surface area contributed by atoms with Gasteiger partial charge in [-0.15, -0.1) is 0 Å². The van der Waals surface area contributed by atoms with Gasteiger partial charge in [0.05, 0.1) is 6.20 Å². The van der Waals surface area contributed by atoms with Crippen LogP contribution in [0.1, 0.15) is 0 Å². The SMILES string of the molecule is CS(=O)(=O)c1[c]cnn1CC(F)(F)F. The fourth-order valence-electron chi connectivity index (χ4n) is 0.862. The molecule has 1 heterocycles. The van der Waals surface area contributed by atoms with E-state index in [0.29, 0.717) is 4.68 Å². The zero-order chi connectivity index (χ0) is 11.0. The van der Waals surface area contributed by atoms with Gasteiger partial charge < -0.3 is 0 Å². The molecule has 0 aromatic carbocycles. The van der Waals surface area contributed by atoms with E-state index in [1.54, 1.807) is 0 Å². The maximum Gasteiger partial charge on any atom is 0.408 e. The number of alkyl halides is 3. The topological polar surface area (TPSA) is 52.0 Å². The summed E-state index contributed by atoms with van der Waals surface area (Å²) in [5.41, 5.74) is 0. The minimum absolute atomic E-state index is 0.356. The van der Waals surface area contributed by atoms with E-state index in [-0.39, 0.29) is 0 Å². The Balaban J connectivity index is 3.07. The Morgan fingerprint density at radius 2 is 2.14 bits per heavy atom. The van der Waals surface area contributed by atoms with E-state index in [1.807, 2.05) is 0 Å². The molecule has 79 valence electrons. The molecule has 0 aliphatic carbocycles. The Labute approximate surface area is 78.3 Å². The quantitative estimate of drug-likeness (QED) is 0.745. The van der Waals surface area contributed by atoms with Crippen molar-refractivity contribution in [3.05, 3.63) is 12.3 Å². The van der Waals surface area contributed by atoms with E-state index in [9.17, 15) is 21.6 Å². The molecule has 0 amide bonds. The van der Waals surface area contributed by atoms with Gasteiger partial charge in [-0.25, -0.2) is 13.1 Å². The lowest BCUT2D eigenvalue weighted by Gasteiger charge is -2.08. The van der Waals surface area contributed by atoms with Crippen molar-refractivity contribution < 1.29 is 21.6 Å². The molecular formula is C6H6F3N2O2S. The molecule has 0 atom stereocenters. The highest BCUT2D eigenvalue weighted by molar-refractivity contribution is 7.90. The number of halogens is 3. The average molecular weight is 227 g/mol. The van der Waals surface area contributed by atoms with Gasteiger partial charge in [0.1, 0.15) is 6.54 Å². The van der Waals surface area contributed by atoms with Gasteiger partial charge in [-0.05, 0) is 0 Å². The van der Waals surface area contributed by atoms with E-state index < -0.39 is 27.6 Å². The standard InChI is InChI=1S/C6H6F3N2O2S/c1-14(12,13)5-2-3-10-11(5)4-6(7,8)9/h3H,4H2,1H3. The summed E-state index contributed by atoms with van der Waals surface area (Å²) in [4.78, 5) is 0. The van der Waals surface area contributed by atoms with Gasteiger partial charge in [0.2, 0.25) is 0 Å². The molecule has 8 heteroatoms. The van der Waals surface area contributed by atoms with Gasteiger partial charge in [0, 0.05) is 12.3 Å². The smallest absolute Gasteiger partial charge is 0.244 e. The number of aromatic nitrogens is 2. The molecule has 0 aliphatic heterocycles. The van der Waals surface area contributed by atoms with Gasteiger partial charge in [0.15, 0.2) is 14.9 Å². The Bertz CT molecular complexity index is 421. The number of sulfone groups is 1. The maximum absolute atomic E-state index is 11.9. The predicted octanol–water partition coefficient (Wildman–Crippen LogP) is 0.649. The molecule has 1 rings (SSSR count). The predicted molar refractivity (Wildman–Crippen MR) is 40.2 cm³/mol. The lowest BCUT2D eigenvalue weighted by Crippen LogP contribution is -2.21. The zero-order valence-corrected chi connectivity index (χ0v) is 7.85. The monoisotopic (exact) mass is 227 g/mol. The van der Waals surface area contributed by atoms with Crippen LogP contribution >= 0.6 is 0 Å². The molecule has 0 bridgehead atoms. The third-order valence-corrected chi connectivity index (χ3v) is 2.33. The number of rotatable bonds is 2. The number of nitrogens with zero attached hydrogens (tertiary/aromatic N) is 2. The summed E-state index contributed by atoms with van der Waals surface area (Å²) >= 11 is 0. The van der Waals surface area contributed by atoms with Crippen molar-refractivity contribution >= 4 is 9.84 Å². The molecule has 0 saturated heterocycles. The Kier molecular flexibility index (Phi) is 2.57. The van der Waals surface area contributed by atoms with Gasteiger partial charge >= 0.3 is 6.18 Å². The number of hydrogen-bond acceptors (Lipinski definition) is 3. The first-order valence-electron chi connectivity index (χ1n) is 3.40. The fraction of sp³-hybridized carbons (Fsp3) is 0.500. The van der Waals surface area contributed by atoms with Crippen molar-refractivity contribution in [1.82, 2.24) is 9.78 Å². The lowest BCUT2D eigenvalue weighted by molar-refractivity contribution is -0.144. The summed E-state index contributed by atoms with van der Waals surface area (Å²) < 4.78 is 58.0. The van der Waals surface area contributed by atoms with Crippen LogP contribution in [0, 0.1) is 6.07 Å². The summed E-state index contributed by atoms with van der Waals surface area (Å²) in [6, 6.07) is 2.13. The van der Waals surface area contributed by atoms with Crippen LogP contribution in [-0.4, -0.2) is 30.6 Å². The minimum atomic E-state index is -4.50. The molecule has 4 nitrogen and oxygen atoms in total. The average Bonchev–Trinajstić information content (AvgIpc) is 2.29. The molecule has 0 aliphatic rings. The minimum Gasteiger partial charge on any atom is -0.244 e. The van der Waals surface area contributed by atoms with Crippen molar-refractivity contribution in [1.29, 1.82) is 0 Å². The van der Waals surface area contributed by atoms with E-state index in [4.69, 9.17) is 0 Å². The summed E-state index contributed by atoms with van der Waals surface area (Å²) in [6.07, 6.45) is -2.81. The van der Waals surface area contributed by atoms with Crippen LogP contribution in [0.2, 0.25) is 0 Å². The van der Waals surface area contributed by atoms with Crippen LogP contribution in [0.5, 0.6) is 0 Å². The highest BCUT2D eigenvalue weighted by Crippen LogP contribution is 2.19. The van der Waals surface area contributed by atoms with Crippen molar-refractivity contribution in [3.8, 4) is 0 Å². The summed E-state index contributed by atoms with van der Waals surface area (Å²) in [7, 11) is -3.72. The highest BCUT2D eigenvalue weighted by Gasteiger charge is 2.30. The van der Waals surface area contributed by atoms with Crippen molar-refractivity contribution in [2.75, 3.05) is 6.26 Å². The number of hydrogen-bond donors (Lipinski definition) is 0. The fourth-order valence-corrected chi connectivity index (χ4v) is 1.62. The van der Waals surface area contributed by atoms with Crippen molar-refractivity contribution in [3.63, 3.8) is 0 Å². The second-order valence-electron chi connectivity index (χ2n) is 2.64. The first-order valence-corrected chi connectivity index (χ1v) is 5.29. The van der Waals surface area contributed by atoms with Crippen LogP contribution in [0.4, 0.5) is 13.2 Å². The van der Waals surface area contributed by atoms with E-state index in [2.05, 4.69) is 11.2 Å². The van der Waals surface area contributed by atoms with E-state index >= 15 is 0 Å². The third-order valence-electron chi connectivity index (χ3n) is 1.30. The second kappa shape index (κ2) is 3.26. The molecular weight excluding hydrogens is 221 g/mol. The van der Waals surface area contributed by atoms with Crippen LogP contribution in [-0.2, 0) is 16.4 Å². The Hall–Kier alpha value is -1.05. The lowest BCUT2D eigenvalue weighted by atomic mass is 10.6. The summed E-state index contributed by atoms with van der Waals surface area (Å²) in [5, 5.41) is 2.67. The second-order valence-corrected chi connectivity index (χ2v) is 4.57. The van der Waals surface area contributed by atoms with Gasteiger partial charge in [-0.3, -0.25) is 0 Å². The van der Waals surface area contributed by atoms with Crippen LogP contribution in [0.15, 0.2) is 11.2 Å². The molecule has 1 aromatic heterocycles.